The fourth-order valence-corrected chi connectivity index (χ4v) is 5.25. The molecule has 11 heteroatoms. The molecule has 1 aliphatic rings. The number of nitrogens with zero attached hydrogens (tertiary/aromatic N) is 3. The van der Waals surface area contributed by atoms with Crippen molar-refractivity contribution in [1.29, 1.82) is 0 Å². The molecule has 0 unspecified atom stereocenters. The summed E-state index contributed by atoms with van der Waals surface area (Å²) in [7, 11) is -1.46. The number of pyridine rings is 1. The largest absolute Gasteiger partial charge is 0.338 e. The van der Waals surface area contributed by atoms with E-state index in [4.69, 9.17) is 11.6 Å². The number of rotatable bonds is 6. The van der Waals surface area contributed by atoms with Crippen molar-refractivity contribution in [3.8, 4) is 0 Å². The molecule has 33 heavy (non-hydrogen) atoms. The third kappa shape index (κ3) is 4.87. The molecule has 2 aromatic heterocycles. The van der Waals surface area contributed by atoms with Crippen molar-refractivity contribution < 1.29 is 8.42 Å². The SMILES string of the molecule is CCS(=O)(=O)c1c(C)cccc1Nc1nc(Nc2cc3c([nH]c2=O)CCN(C)C3)ncc1Cl. The number of fused-ring (bicyclic) bond motifs is 1. The summed E-state index contributed by atoms with van der Waals surface area (Å²) in [6.07, 6.45) is 2.18. The summed E-state index contributed by atoms with van der Waals surface area (Å²) < 4.78 is 25.3. The molecular weight excluding hydrogens is 464 g/mol. The zero-order valence-corrected chi connectivity index (χ0v) is 20.1. The third-order valence-corrected chi connectivity index (χ3v) is 7.75. The van der Waals surface area contributed by atoms with Crippen LogP contribution in [-0.4, -0.2) is 47.6 Å². The minimum Gasteiger partial charge on any atom is -0.338 e. The first-order valence-corrected chi connectivity index (χ1v) is 12.5. The average molecular weight is 489 g/mol. The number of aromatic amines is 1. The Balaban J connectivity index is 1.67. The van der Waals surface area contributed by atoms with E-state index < -0.39 is 9.84 Å². The lowest BCUT2D eigenvalue weighted by Crippen LogP contribution is -2.29. The lowest BCUT2D eigenvalue weighted by molar-refractivity contribution is 0.310. The van der Waals surface area contributed by atoms with Crippen LogP contribution < -0.4 is 16.2 Å². The minimum absolute atomic E-state index is 0.0346. The number of nitrogens with one attached hydrogen (secondary N) is 3. The van der Waals surface area contributed by atoms with Crippen molar-refractivity contribution in [2.24, 2.45) is 0 Å². The lowest BCUT2D eigenvalue weighted by atomic mass is 10.1. The zero-order valence-electron chi connectivity index (χ0n) is 18.6. The number of anilines is 4. The Labute approximate surface area is 197 Å². The van der Waals surface area contributed by atoms with E-state index in [-0.39, 0.29) is 33.0 Å². The second-order valence-electron chi connectivity index (χ2n) is 8.00. The third-order valence-electron chi connectivity index (χ3n) is 5.55. The van der Waals surface area contributed by atoms with Gasteiger partial charge in [-0.05, 0) is 37.2 Å². The maximum Gasteiger partial charge on any atom is 0.271 e. The molecule has 0 aliphatic carbocycles. The first-order valence-electron chi connectivity index (χ1n) is 10.5. The highest BCUT2D eigenvalue weighted by atomic mass is 35.5. The normalized spacial score (nSPS) is 14.1. The molecule has 0 bridgehead atoms. The summed E-state index contributed by atoms with van der Waals surface area (Å²) in [5.74, 6) is 0.346. The molecule has 0 fully saturated rings. The van der Waals surface area contributed by atoms with Crippen LogP contribution >= 0.6 is 11.6 Å². The van der Waals surface area contributed by atoms with Crippen molar-refractivity contribution in [2.75, 3.05) is 30.0 Å². The van der Waals surface area contributed by atoms with Crippen LogP contribution in [0.1, 0.15) is 23.7 Å². The van der Waals surface area contributed by atoms with Gasteiger partial charge < -0.3 is 20.5 Å². The number of H-pyrrole nitrogens is 1. The highest BCUT2D eigenvalue weighted by molar-refractivity contribution is 7.91. The van der Waals surface area contributed by atoms with Gasteiger partial charge in [0, 0.05) is 25.2 Å². The number of halogens is 1. The predicted octanol–water partition coefficient (Wildman–Crippen LogP) is 3.40. The topological polar surface area (TPSA) is 120 Å². The van der Waals surface area contributed by atoms with Gasteiger partial charge in [0.2, 0.25) is 5.95 Å². The van der Waals surface area contributed by atoms with Gasteiger partial charge in [0.25, 0.3) is 5.56 Å². The first kappa shape index (κ1) is 23.2. The number of hydrogen-bond donors (Lipinski definition) is 3. The van der Waals surface area contributed by atoms with Gasteiger partial charge in [0.05, 0.1) is 22.5 Å². The van der Waals surface area contributed by atoms with Crippen LogP contribution in [0.2, 0.25) is 5.02 Å². The minimum atomic E-state index is -3.48. The van der Waals surface area contributed by atoms with Gasteiger partial charge >= 0.3 is 0 Å². The summed E-state index contributed by atoms with van der Waals surface area (Å²) >= 11 is 6.29. The smallest absolute Gasteiger partial charge is 0.271 e. The van der Waals surface area contributed by atoms with Crippen LogP contribution in [0.15, 0.2) is 40.2 Å². The molecule has 3 heterocycles. The fourth-order valence-electron chi connectivity index (χ4n) is 3.81. The maximum absolute atomic E-state index is 12.6. The predicted molar refractivity (Wildman–Crippen MR) is 130 cm³/mol. The molecule has 0 saturated heterocycles. The molecule has 3 aromatic rings. The first-order chi connectivity index (χ1) is 15.7. The molecule has 0 saturated carbocycles. The van der Waals surface area contributed by atoms with E-state index in [0.29, 0.717) is 16.9 Å². The van der Waals surface area contributed by atoms with E-state index in [2.05, 4.69) is 30.5 Å². The van der Waals surface area contributed by atoms with Crippen LogP contribution in [0.5, 0.6) is 0 Å². The molecule has 1 aromatic carbocycles. The number of sulfone groups is 1. The Morgan fingerprint density at radius 1 is 1.24 bits per heavy atom. The molecule has 0 radical (unpaired) electrons. The molecule has 3 N–H and O–H groups in total. The highest BCUT2D eigenvalue weighted by Crippen LogP contribution is 2.31. The van der Waals surface area contributed by atoms with Gasteiger partial charge in [-0.3, -0.25) is 4.79 Å². The van der Waals surface area contributed by atoms with Crippen molar-refractivity contribution in [1.82, 2.24) is 19.9 Å². The van der Waals surface area contributed by atoms with E-state index in [1.807, 2.05) is 7.05 Å². The Morgan fingerprint density at radius 2 is 2.03 bits per heavy atom. The molecule has 9 nitrogen and oxygen atoms in total. The van der Waals surface area contributed by atoms with E-state index in [1.165, 1.54) is 6.20 Å². The molecule has 4 rings (SSSR count). The highest BCUT2D eigenvalue weighted by Gasteiger charge is 2.21. The Hall–Kier alpha value is -2.95. The monoisotopic (exact) mass is 488 g/mol. The van der Waals surface area contributed by atoms with Gasteiger partial charge in [0.1, 0.15) is 10.7 Å². The molecule has 1 aliphatic heterocycles. The number of benzene rings is 1. The summed E-state index contributed by atoms with van der Waals surface area (Å²) in [5, 5.41) is 6.19. The molecular formula is C22H25ClN6O3S. The summed E-state index contributed by atoms with van der Waals surface area (Å²) in [6.45, 7) is 4.96. The van der Waals surface area contributed by atoms with E-state index in [9.17, 15) is 13.2 Å². The number of likely N-dealkylation sites (N-methyl/N-ethyl adjacent to an activating group) is 1. The van der Waals surface area contributed by atoms with Gasteiger partial charge in [-0.1, -0.05) is 30.7 Å². The van der Waals surface area contributed by atoms with Crippen molar-refractivity contribution >= 4 is 44.6 Å². The zero-order chi connectivity index (χ0) is 23.8. The number of aryl methyl sites for hydroxylation is 1. The maximum atomic E-state index is 12.6. The van der Waals surface area contributed by atoms with Crippen molar-refractivity contribution in [3.63, 3.8) is 0 Å². The summed E-state index contributed by atoms with van der Waals surface area (Å²) in [4.78, 5) is 26.4. The van der Waals surface area contributed by atoms with Gasteiger partial charge in [-0.25, -0.2) is 13.4 Å². The second-order valence-corrected chi connectivity index (χ2v) is 10.6. The van der Waals surface area contributed by atoms with Gasteiger partial charge in [-0.2, -0.15) is 4.98 Å². The number of aromatic nitrogens is 3. The standard InChI is InChI=1S/C22H25ClN6O3S/c1-4-33(31,32)19-13(2)6-5-7-17(19)25-20-15(23)11-24-22(28-20)27-18-10-14-12-29(3)9-8-16(14)26-21(18)30/h5-7,10-11H,4,8-9,12H2,1-3H3,(H,26,30)(H2,24,25,27,28). The summed E-state index contributed by atoms with van der Waals surface area (Å²) in [6, 6.07) is 6.96. The van der Waals surface area contributed by atoms with Gasteiger partial charge in [0.15, 0.2) is 15.7 Å². The van der Waals surface area contributed by atoms with Crippen LogP contribution in [0.3, 0.4) is 0 Å². The Kier molecular flexibility index (Phi) is 6.42. The van der Waals surface area contributed by atoms with Crippen molar-refractivity contribution in [2.45, 2.75) is 31.7 Å². The van der Waals surface area contributed by atoms with Gasteiger partial charge in [-0.15, -0.1) is 0 Å². The molecule has 0 atom stereocenters. The average Bonchev–Trinajstić information content (AvgIpc) is 2.76. The van der Waals surface area contributed by atoms with Crippen LogP contribution in [0.25, 0.3) is 0 Å². The van der Waals surface area contributed by atoms with E-state index >= 15 is 0 Å². The molecule has 174 valence electrons. The Morgan fingerprint density at radius 3 is 2.79 bits per heavy atom. The van der Waals surface area contributed by atoms with E-state index in [1.54, 1.807) is 38.1 Å². The Bertz CT molecular complexity index is 1370. The second kappa shape index (κ2) is 9.12. The van der Waals surface area contributed by atoms with E-state index in [0.717, 1.165) is 30.8 Å². The fraction of sp³-hybridized carbons (Fsp3) is 0.318. The quantitative estimate of drug-likeness (QED) is 0.483. The summed E-state index contributed by atoms with van der Waals surface area (Å²) in [5.41, 5.74) is 3.02. The van der Waals surface area contributed by atoms with Crippen LogP contribution in [-0.2, 0) is 22.8 Å². The van der Waals surface area contributed by atoms with Crippen LogP contribution in [0.4, 0.5) is 23.1 Å². The van der Waals surface area contributed by atoms with Crippen molar-refractivity contribution in [3.05, 3.63) is 62.7 Å². The molecule has 0 spiro atoms. The lowest BCUT2D eigenvalue weighted by Gasteiger charge is -2.24. The number of hydrogen-bond acceptors (Lipinski definition) is 8. The van der Waals surface area contributed by atoms with Crippen LogP contribution in [0, 0.1) is 6.92 Å². The molecule has 0 amide bonds.